The van der Waals surface area contributed by atoms with Crippen LogP contribution in [-0.2, 0) is 0 Å². The summed E-state index contributed by atoms with van der Waals surface area (Å²) in [6.07, 6.45) is 6.32. The highest BCUT2D eigenvalue weighted by atomic mass is 32.2. The molecule has 2 aliphatic rings. The minimum atomic E-state index is 0.279. The van der Waals surface area contributed by atoms with Crippen LogP contribution in [0.15, 0.2) is 54.6 Å². The number of likely N-dealkylation sites (tertiary alicyclic amines) is 1. The van der Waals surface area contributed by atoms with Crippen LogP contribution >= 0.6 is 11.8 Å². The number of ether oxygens (including phenoxy) is 2. The molecule has 2 fully saturated rings. The fourth-order valence-corrected chi connectivity index (χ4v) is 6.05. The van der Waals surface area contributed by atoms with E-state index >= 15 is 0 Å². The highest BCUT2D eigenvalue weighted by Gasteiger charge is 2.22. The molecule has 0 spiro atoms. The molecule has 0 aliphatic carbocycles. The molecule has 0 saturated carbocycles. The molecule has 174 valence electrons. The Morgan fingerprint density at radius 3 is 2.42 bits per heavy atom. The van der Waals surface area contributed by atoms with Crippen molar-refractivity contribution < 1.29 is 14.6 Å². The third-order valence-electron chi connectivity index (χ3n) is 6.81. The lowest BCUT2D eigenvalue weighted by molar-refractivity contribution is 0.183. The molecule has 0 aromatic heterocycles. The minimum absolute atomic E-state index is 0.279. The average molecular weight is 464 g/mol. The standard InChI is InChI=1S/C28H33NO3S/c30-23-5-11-27-22(20-23)4-10-26(21-12-18-33-19-13-21)28(27)32-25-8-6-24(7-9-25)31-17-16-29-14-2-1-3-15-29/h4-11,20-21,30H,1-3,12-19H2. The van der Waals surface area contributed by atoms with Crippen molar-refractivity contribution >= 4 is 22.5 Å². The summed E-state index contributed by atoms with van der Waals surface area (Å²) in [5.74, 6) is 5.79. The van der Waals surface area contributed by atoms with Crippen molar-refractivity contribution in [2.75, 3.05) is 37.7 Å². The van der Waals surface area contributed by atoms with Crippen molar-refractivity contribution in [2.24, 2.45) is 0 Å². The maximum absolute atomic E-state index is 9.95. The van der Waals surface area contributed by atoms with Crippen LogP contribution in [0, 0.1) is 0 Å². The van der Waals surface area contributed by atoms with E-state index in [1.54, 1.807) is 6.07 Å². The molecule has 2 heterocycles. The lowest BCUT2D eigenvalue weighted by Gasteiger charge is -2.26. The van der Waals surface area contributed by atoms with Gasteiger partial charge in [0.15, 0.2) is 0 Å². The van der Waals surface area contributed by atoms with Gasteiger partial charge in [-0.1, -0.05) is 18.6 Å². The molecule has 2 aliphatic heterocycles. The maximum atomic E-state index is 9.95. The Morgan fingerprint density at radius 2 is 1.64 bits per heavy atom. The first-order valence-corrected chi connectivity index (χ1v) is 13.4. The van der Waals surface area contributed by atoms with E-state index in [4.69, 9.17) is 9.47 Å². The SMILES string of the molecule is Oc1ccc2c(Oc3ccc(OCCN4CCCCC4)cc3)c(C3CCSCC3)ccc2c1. The van der Waals surface area contributed by atoms with E-state index < -0.39 is 0 Å². The van der Waals surface area contributed by atoms with E-state index in [2.05, 4.69) is 17.0 Å². The normalized spacial score (nSPS) is 17.8. The number of thioether (sulfide) groups is 1. The molecule has 3 aromatic carbocycles. The summed E-state index contributed by atoms with van der Waals surface area (Å²) in [4.78, 5) is 2.49. The first-order valence-electron chi connectivity index (χ1n) is 12.2. The van der Waals surface area contributed by atoms with Crippen molar-refractivity contribution in [3.63, 3.8) is 0 Å². The molecule has 3 aromatic rings. The zero-order valence-corrected chi connectivity index (χ0v) is 20.0. The van der Waals surface area contributed by atoms with E-state index in [-0.39, 0.29) is 5.75 Å². The van der Waals surface area contributed by atoms with Crippen LogP contribution < -0.4 is 9.47 Å². The molecule has 0 bridgehead atoms. The molecular weight excluding hydrogens is 430 g/mol. The molecule has 0 radical (unpaired) electrons. The molecule has 2 saturated heterocycles. The van der Waals surface area contributed by atoms with Gasteiger partial charge in [-0.25, -0.2) is 0 Å². The lowest BCUT2D eigenvalue weighted by Crippen LogP contribution is -2.33. The predicted molar refractivity (Wildman–Crippen MR) is 137 cm³/mol. The van der Waals surface area contributed by atoms with Gasteiger partial charge in [-0.05, 0) is 110 Å². The van der Waals surface area contributed by atoms with Crippen molar-refractivity contribution in [3.05, 3.63) is 60.2 Å². The zero-order chi connectivity index (χ0) is 22.5. The monoisotopic (exact) mass is 463 g/mol. The Morgan fingerprint density at radius 1 is 0.879 bits per heavy atom. The number of phenolic OH excluding ortho intramolecular Hbond substituents is 1. The lowest BCUT2D eigenvalue weighted by atomic mass is 9.90. The van der Waals surface area contributed by atoms with Gasteiger partial charge in [0, 0.05) is 11.9 Å². The van der Waals surface area contributed by atoms with Crippen LogP contribution in [0.3, 0.4) is 0 Å². The quantitative estimate of drug-likeness (QED) is 0.417. The smallest absolute Gasteiger partial charge is 0.138 e. The number of benzene rings is 3. The number of fused-ring (bicyclic) bond motifs is 1. The number of hydrogen-bond acceptors (Lipinski definition) is 5. The van der Waals surface area contributed by atoms with Gasteiger partial charge in [-0.2, -0.15) is 11.8 Å². The summed E-state index contributed by atoms with van der Waals surface area (Å²) in [5.41, 5.74) is 1.27. The molecule has 5 rings (SSSR count). The number of hydrogen-bond donors (Lipinski definition) is 1. The van der Waals surface area contributed by atoms with Crippen molar-refractivity contribution in [2.45, 2.75) is 38.0 Å². The van der Waals surface area contributed by atoms with Gasteiger partial charge in [0.1, 0.15) is 29.6 Å². The van der Waals surface area contributed by atoms with E-state index in [1.165, 1.54) is 62.3 Å². The Bertz CT molecular complexity index is 1060. The van der Waals surface area contributed by atoms with Crippen LogP contribution in [0.25, 0.3) is 10.8 Å². The highest BCUT2D eigenvalue weighted by molar-refractivity contribution is 7.99. The third-order valence-corrected chi connectivity index (χ3v) is 7.86. The van der Waals surface area contributed by atoms with Crippen LogP contribution in [0.2, 0.25) is 0 Å². The Hall–Kier alpha value is -2.37. The van der Waals surface area contributed by atoms with Gasteiger partial charge in [0.2, 0.25) is 0 Å². The number of phenols is 1. The zero-order valence-electron chi connectivity index (χ0n) is 19.2. The van der Waals surface area contributed by atoms with E-state index in [1.807, 2.05) is 48.2 Å². The van der Waals surface area contributed by atoms with Crippen molar-refractivity contribution in [3.8, 4) is 23.0 Å². The van der Waals surface area contributed by atoms with Gasteiger partial charge in [-0.15, -0.1) is 0 Å². The highest BCUT2D eigenvalue weighted by Crippen LogP contribution is 2.43. The molecule has 0 unspecified atom stereocenters. The number of aromatic hydroxyl groups is 1. The van der Waals surface area contributed by atoms with Gasteiger partial charge >= 0.3 is 0 Å². The molecule has 5 heteroatoms. The summed E-state index contributed by atoms with van der Waals surface area (Å²) in [6, 6.07) is 17.8. The third kappa shape index (κ3) is 5.59. The Kier molecular flexibility index (Phi) is 7.27. The number of nitrogens with zero attached hydrogens (tertiary/aromatic N) is 1. The minimum Gasteiger partial charge on any atom is -0.508 e. The van der Waals surface area contributed by atoms with Gasteiger partial charge in [-0.3, -0.25) is 4.90 Å². The van der Waals surface area contributed by atoms with Crippen LogP contribution in [-0.4, -0.2) is 47.8 Å². The van der Waals surface area contributed by atoms with Crippen LogP contribution in [0.4, 0.5) is 0 Å². The van der Waals surface area contributed by atoms with Crippen LogP contribution in [0.5, 0.6) is 23.0 Å². The predicted octanol–water partition coefficient (Wildman–Crippen LogP) is 6.81. The summed E-state index contributed by atoms with van der Waals surface area (Å²) in [6.45, 7) is 4.10. The molecular formula is C28H33NO3S. The van der Waals surface area contributed by atoms with Gasteiger partial charge in [0.05, 0.1) is 0 Å². The molecule has 1 N–H and O–H groups in total. The molecule has 0 atom stereocenters. The van der Waals surface area contributed by atoms with Gasteiger partial charge in [0.25, 0.3) is 0 Å². The van der Waals surface area contributed by atoms with E-state index in [0.29, 0.717) is 5.92 Å². The fraction of sp³-hybridized carbons (Fsp3) is 0.429. The molecule has 0 amide bonds. The first-order chi connectivity index (χ1) is 16.3. The summed E-state index contributed by atoms with van der Waals surface area (Å²) >= 11 is 2.03. The topological polar surface area (TPSA) is 41.9 Å². The Balaban J connectivity index is 1.32. The number of rotatable bonds is 7. The van der Waals surface area contributed by atoms with Crippen LogP contribution in [0.1, 0.15) is 43.6 Å². The second kappa shape index (κ2) is 10.7. The largest absolute Gasteiger partial charge is 0.508 e. The maximum Gasteiger partial charge on any atom is 0.138 e. The van der Waals surface area contributed by atoms with Crippen molar-refractivity contribution in [1.29, 1.82) is 0 Å². The van der Waals surface area contributed by atoms with Crippen molar-refractivity contribution in [1.82, 2.24) is 4.90 Å². The first kappa shape index (κ1) is 22.4. The molecule has 33 heavy (non-hydrogen) atoms. The second-order valence-electron chi connectivity index (χ2n) is 9.10. The molecule has 4 nitrogen and oxygen atoms in total. The number of piperidine rings is 1. The average Bonchev–Trinajstić information content (AvgIpc) is 2.86. The summed E-state index contributed by atoms with van der Waals surface area (Å²) in [7, 11) is 0. The van der Waals surface area contributed by atoms with E-state index in [9.17, 15) is 5.11 Å². The van der Waals surface area contributed by atoms with E-state index in [0.717, 1.165) is 41.2 Å². The second-order valence-corrected chi connectivity index (χ2v) is 10.3. The Labute approximate surface area is 200 Å². The fourth-order valence-electron chi connectivity index (χ4n) is 4.95. The summed E-state index contributed by atoms with van der Waals surface area (Å²) in [5, 5.41) is 12.0. The van der Waals surface area contributed by atoms with Gasteiger partial charge < -0.3 is 14.6 Å². The summed E-state index contributed by atoms with van der Waals surface area (Å²) < 4.78 is 12.5.